The van der Waals surface area contributed by atoms with Gasteiger partial charge in [0.15, 0.2) is 0 Å². The van der Waals surface area contributed by atoms with Crippen molar-refractivity contribution >= 4 is 9.10 Å². The van der Waals surface area contributed by atoms with Gasteiger partial charge in [-0.25, -0.2) is 4.79 Å². The second kappa shape index (κ2) is 6.16. The first kappa shape index (κ1) is 10.4. The predicted octanol–water partition coefficient (Wildman–Crippen LogP) is -0.118. The molecule has 11 heavy (non-hydrogen) atoms. The average molecular weight is 338 g/mol. The number of nitrogens with two attached hydrogens (primary N) is 2. The van der Waals surface area contributed by atoms with Crippen LogP contribution in [0.4, 0.5) is 4.79 Å². The third-order valence-electron chi connectivity index (χ3n) is 0.843. The monoisotopic (exact) mass is 339 g/mol. The Kier molecular flexibility index (Phi) is 5.83. The molecule has 54 valence electrons. The summed E-state index contributed by atoms with van der Waals surface area (Å²) in [5, 5.41) is 0. The van der Waals surface area contributed by atoms with Gasteiger partial charge in [0.2, 0.25) is 0 Å². The van der Waals surface area contributed by atoms with Crippen LogP contribution in [0.15, 0.2) is 30.3 Å². The van der Waals surface area contributed by atoms with E-state index in [1.807, 2.05) is 0 Å². The van der Waals surface area contributed by atoms with Gasteiger partial charge in [0.25, 0.3) is 0 Å². The van der Waals surface area contributed by atoms with Crippen LogP contribution in [0.25, 0.3) is 0 Å². The molecule has 0 aliphatic heterocycles. The number of carbonyl (C=O) groups excluding carboxylic acids is 1. The predicted molar refractivity (Wildman–Crippen MR) is 39.8 cm³/mol. The summed E-state index contributed by atoms with van der Waals surface area (Å²) in [4.78, 5) is 9.00. The fourth-order valence-corrected chi connectivity index (χ4v) is 1.54. The molecule has 0 aliphatic carbocycles. The van der Waals surface area contributed by atoms with E-state index in [2.05, 4.69) is 41.8 Å². The third kappa shape index (κ3) is 9.43. The zero-order chi connectivity index (χ0) is 8.69. The number of hydrogen-bond donors (Lipinski definition) is 2. The quantitative estimate of drug-likeness (QED) is 0.637. The fraction of sp³-hybridized carbons (Fsp3) is 0. The molecule has 0 aromatic heterocycles. The summed E-state index contributed by atoms with van der Waals surface area (Å²) in [6, 6.07) is 9.73. The van der Waals surface area contributed by atoms with Crippen LogP contribution in [-0.2, 0) is 26.1 Å². The van der Waals surface area contributed by atoms with E-state index >= 15 is 0 Å². The van der Waals surface area contributed by atoms with E-state index in [-0.39, 0.29) is 0 Å². The Hall–Kier alpha value is -0.575. The van der Waals surface area contributed by atoms with E-state index < -0.39 is 6.03 Å². The first-order valence-corrected chi connectivity index (χ1v) is 5.79. The molecule has 3 nitrogen and oxygen atoms in total. The van der Waals surface area contributed by atoms with Crippen molar-refractivity contribution in [3.63, 3.8) is 0 Å². The fourth-order valence-electron chi connectivity index (χ4n) is 0.478. The first-order valence-electron chi connectivity index (χ1n) is 3.05. The maximum atomic E-state index is 9.00. The summed E-state index contributed by atoms with van der Waals surface area (Å²) in [6.45, 7) is 0. The van der Waals surface area contributed by atoms with E-state index in [4.69, 9.17) is 4.79 Å². The Labute approximate surface area is 81.7 Å². The van der Waals surface area contributed by atoms with E-state index in [1.165, 1.54) is 3.07 Å². The Morgan fingerprint density at radius 1 is 1.18 bits per heavy atom. The summed E-state index contributed by atoms with van der Waals surface area (Å²) < 4.78 is 1.52. The zero-order valence-corrected chi connectivity index (χ0v) is 11.7. The molecule has 2 amide bonds. The van der Waals surface area contributed by atoms with Gasteiger partial charge in [-0.3, -0.25) is 0 Å². The summed E-state index contributed by atoms with van der Waals surface area (Å²) >= 11 is 0.810. The molecule has 4 N–H and O–H groups in total. The molecule has 0 heterocycles. The number of urea groups is 1. The average Bonchev–Trinajstić information content (AvgIpc) is 1.87. The van der Waals surface area contributed by atoms with Crippen molar-refractivity contribution < 1.29 is 30.9 Å². The molecule has 0 spiro atoms. The van der Waals surface area contributed by atoms with Crippen LogP contribution in [0, 0.1) is 0 Å². The Morgan fingerprint density at radius 3 is 1.73 bits per heavy atom. The van der Waals surface area contributed by atoms with Gasteiger partial charge >= 0.3 is 65.6 Å². The second-order valence-corrected chi connectivity index (χ2v) is 5.06. The second-order valence-electron chi connectivity index (χ2n) is 1.89. The van der Waals surface area contributed by atoms with Crippen molar-refractivity contribution in [1.82, 2.24) is 0 Å². The number of benzene rings is 1. The summed E-state index contributed by atoms with van der Waals surface area (Å²) in [5.74, 6) is 0. The summed E-state index contributed by atoms with van der Waals surface area (Å²) in [6.07, 6.45) is 0. The zero-order valence-electron chi connectivity index (χ0n) is 6.16. The molecule has 0 unspecified atom stereocenters. The van der Waals surface area contributed by atoms with Crippen molar-refractivity contribution in [2.75, 3.05) is 0 Å². The van der Waals surface area contributed by atoms with Crippen molar-refractivity contribution in [2.24, 2.45) is 11.5 Å². The van der Waals surface area contributed by atoms with Gasteiger partial charge in [-0.05, 0) is 0 Å². The van der Waals surface area contributed by atoms with Crippen LogP contribution in [0.3, 0.4) is 0 Å². The molecule has 0 saturated carbocycles. The van der Waals surface area contributed by atoms with Crippen LogP contribution < -0.4 is 14.5 Å². The third-order valence-corrected chi connectivity index (χ3v) is 2.68. The molecule has 1 rings (SSSR count). The standard InChI is InChI=1S/C6H5.CH4N2O.Hg/c1-2-4-6-5-3-1;2-1(3)4;/h1-5H;(H4,2,3,4);/q;;+1. The SMILES string of the molecule is NC(N)=O.[Hg+][c]1ccccc1. The van der Waals surface area contributed by atoms with E-state index in [1.54, 1.807) is 0 Å². The molecule has 0 aliphatic rings. The molecular weight excluding hydrogens is 329 g/mol. The molecule has 0 radical (unpaired) electrons. The van der Waals surface area contributed by atoms with Gasteiger partial charge in [0.1, 0.15) is 0 Å². The van der Waals surface area contributed by atoms with E-state index in [9.17, 15) is 0 Å². The molecule has 4 heteroatoms. The van der Waals surface area contributed by atoms with Crippen LogP contribution in [-0.4, -0.2) is 6.03 Å². The van der Waals surface area contributed by atoms with Gasteiger partial charge in [-0.15, -0.1) is 0 Å². The van der Waals surface area contributed by atoms with Crippen LogP contribution in [0.5, 0.6) is 0 Å². The minimum atomic E-state index is -0.833. The Balaban J connectivity index is 0.000000218. The first-order chi connectivity index (χ1) is 5.13. The minimum absolute atomic E-state index is 0.810. The number of rotatable bonds is 0. The van der Waals surface area contributed by atoms with Crippen molar-refractivity contribution in [1.29, 1.82) is 0 Å². The van der Waals surface area contributed by atoms with E-state index in [0.717, 1.165) is 26.1 Å². The molecule has 0 bridgehead atoms. The normalized spacial score (nSPS) is 7.82. The molecular formula is C7H9HgN2O+. The molecule has 0 atom stereocenters. The van der Waals surface area contributed by atoms with Gasteiger partial charge in [0, 0.05) is 0 Å². The van der Waals surface area contributed by atoms with Crippen molar-refractivity contribution in [3.8, 4) is 0 Å². The van der Waals surface area contributed by atoms with Gasteiger partial charge in [-0.2, -0.15) is 0 Å². The van der Waals surface area contributed by atoms with Gasteiger partial charge in [0.05, 0.1) is 0 Å². The molecule has 0 fully saturated rings. The van der Waals surface area contributed by atoms with Crippen LogP contribution in [0.2, 0.25) is 0 Å². The molecule has 0 saturated heterocycles. The van der Waals surface area contributed by atoms with Crippen molar-refractivity contribution in [3.05, 3.63) is 30.3 Å². The van der Waals surface area contributed by atoms with Crippen LogP contribution >= 0.6 is 0 Å². The van der Waals surface area contributed by atoms with Gasteiger partial charge < -0.3 is 11.5 Å². The van der Waals surface area contributed by atoms with E-state index in [0.29, 0.717) is 0 Å². The summed E-state index contributed by atoms with van der Waals surface area (Å²) in [7, 11) is 0. The Morgan fingerprint density at radius 2 is 1.55 bits per heavy atom. The Bertz CT molecular complexity index is 209. The number of carbonyl (C=O) groups is 1. The van der Waals surface area contributed by atoms with Gasteiger partial charge in [-0.1, -0.05) is 0 Å². The molecule has 1 aromatic rings. The number of hydrogen-bond acceptors (Lipinski definition) is 1. The molecule has 1 aromatic carbocycles. The number of primary amides is 2. The maximum absolute atomic E-state index is 9.00. The van der Waals surface area contributed by atoms with Crippen molar-refractivity contribution in [2.45, 2.75) is 0 Å². The topological polar surface area (TPSA) is 69.1 Å². The number of amides is 2. The van der Waals surface area contributed by atoms with Crippen LogP contribution in [0.1, 0.15) is 0 Å². The summed E-state index contributed by atoms with van der Waals surface area (Å²) in [5.41, 5.74) is 8.50.